The van der Waals surface area contributed by atoms with Gasteiger partial charge < -0.3 is 10.2 Å². The standard InChI is InChI=1S/C3H8O4S.C2H6O4S/c1-3(4)2-8(5,6)7;3-1-2-7(4,5)6/h3-4H,2H2,1H3,(H,5,6,7);3H,1-2H2,(H,4,5,6). The van der Waals surface area contributed by atoms with Crippen molar-refractivity contribution >= 4 is 20.2 Å². The zero-order valence-electron chi connectivity index (χ0n) is 7.94. The van der Waals surface area contributed by atoms with Crippen LogP contribution in [-0.4, -0.2) is 60.4 Å². The van der Waals surface area contributed by atoms with Crippen molar-refractivity contribution in [3.8, 4) is 0 Å². The van der Waals surface area contributed by atoms with Crippen molar-refractivity contribution in [2.45, 2.75) is 13.0 Å². The van der Waals surface area contributed by atoms with Gasteiger partial charge in [-0.2, -0.15) is 16.8 Å². The summed E-state index contributed by atoms with van der Waals surface area (Å²) < 4.78 is 54.8. The van der Waals surface area contributed by atoms with Crippen LogP contribution in [-0.2, 0) is 20.2 Å². The van der Waals surface area contributed by atoms with Crippen molar-refractivity contribution in [1.82, 2.24) is 0 Å². The maximum Gasteiger partial charge on any atom is 0.267 e. The fraction of sp³-hybridized carbons (Fsp3) is 1.00. The molecule has 0 amide bonds. The van der Waals surface area contributed by atoms with Crippen LogP contribution < -0.4 is 0 Å². The third-order valence-electron chi connectivity index (χ3n) is 0.801. The fourth-order valence-electron chi connectivity index (χ4n) is 0.420. The Morgan fingerprint density at radius 2 is 1.47 bits per heavy atom. The van der Waals surface area contributed by atoms with Crippen LogP contribution in [0.2, 0.25) is 0 Å². The molecule has 0 aliphatic heterocycles. The summed E-state index contributed by atoms with van der Waals surface area (Å²) in [5.41, 5.74) is 0. The second-order valence-corrected chi connectivity index (χ2v) is 5.68. The van der Waals surface area contributed by atoms with E-state index < -0.39 is 44.5 Å². The van der Waals surface area contributed by atoms with Crippen molar-refractivity contribution < 1.29 is 36.2 Å². The van der Waals surface area contributed by atoms with E-state index in [2.05, 4.69) is 0 Å². The summed E-state index contributed by atoms with van der Waals surface area (Å²) in [6.07, 6.45) is -0.995. The molecule has 0 radical (unpaired) electrons. The number of rotatable bonds is 4. The van der Waals surface area contributed by atoms with Gasteiger partial charge in [-0.1, -0.05) is 0 Å². The Kier molecular flexibility index (Phi) is 8.10. The van der Waals surface area contributed by atoms with Crippen LogP contribution >= 0.6 is 0 Å². The third-order valence-corrected chi connectivity index (χ3v) is 2.40. The molecule has 0 aliphatic carbocycles. The van der Waals surface area contributed by atoms with Gasteiger partial charge in [0.2, 0.25) is 0 Å². The first-order valence-electron chi connectivity index (χ1n) is 3.67. The zero-order valence-corrected chi connectivity index (χ0v) is 9.57. The molecular formula is C5H14O8S2. The second-order valence-electron chi connectivity index (χ2n) is 2.61. The molecule has 15 heavy (non-hydrogen) atoms. The summed E-state index contributed by atoms with van der Waals surface area (Å²) in [5.74, 6) is -1.17. The molecule has 1 unspecified atom stereocenters. The van der Waals surface area contributed by atoms with Gasteiger partial charge in [0.15, 0.2) is 0 Å². The molecule has 10 heteroatoms. The van der Waals surface area contributed by atoms with E-state index in [0.29, 0.717) is 0 Å². The number of aliphatic hydroxyl groups is 2. The van der Waals surface area contributed by atoms with E-state index in [9.17, 15) is 16.8 Å². The molecule has 0 saturated carbocycles. The van der Waals surface area contributed by atoms with Crippen LogP contribution in [0, 0.1) is 0 Å². The van der Waals surface area contributed by atoms with Crippen molar-refractivity contribution in [2.24, 2.45) is 0 Å². The predicted octanol–water partition coefficient (Wildman–Crippen LogP) is -1.88. The molecule has 4 N–H and O–H groups in total. The largest absolute Gasteiger partial charge is 0.395 e. The average Bonchev–Trinajstić information content (AvgIpc) is 1.77. The maximum atomic E-state index is 9.84. The van der Waals surface area contributed by atoms with Crippen LogP contribution in [0.25, 0.3) is 0 Å². The minimum Gasteiger partial charge on any atom is -0.395 e. The van der Waals surface area contributed by atoms with Gasteiger partial charge in [0.25, 0.3) is 20.2 Å². The molecule has 0 rings (SSSR count). The van der Waals surface area contributed by atoms with Crippen LogP contribution in [0.1, 0.15) is 6.92 Å². The van der Waals surface area contributed by atoms with Gasteiger partial charge >= 0.3 is 0 Å². The summed E-state index contributed by atoms with van der Waals surface area (Å²) in [5, 5.41) is 16.2. The van der Waals surface area contributed by atoms with Crippen LogP contribution in [0.3, 0.4) is 0 Å². The van der Waals surface area contributed by atoms with E-state index in [-0.39, 0.29) is 0 Å². The molecule has 0 heterocycles. The highest BCUT2D eigenvalue weighted by Gasteiger charge is 2.07. The first kappa shape index (κ1) is 17.1. The maximum absolute atomic E-state index is 9.84. The Labute approximate surface area is 88.1 Å². The summed E-state index contributed by atoms with van der Waals surface area (Å²) in [4.78, 5) is 0. The number of hydrogen-bond donors (Lipinski definition) is 4. The molecule has 1 atom stereocenters. The summed E-state index contributed by atoms with van der Waals surface area (Å²) in [7, 11) is -7.90. The lowest BCUT2D eigenvalue weighted by Crippen LogP contribution is -2.16. The number of aliphatic hydroxyl groups excluding tert-OH is 2. The van der Waals surface area contributed by atoms with Crippen LogP contribution in [0.4, 0.5) is 0 Å². The van der Waals surface area contributed by atoms with E-state index in [4.69, 9.17) is 19.3 Å². The van der Waals surface area contributed by atoms with Gasteiger partial charge in [0, 0.05) is 0 Å². The van der Waals surface area contributed by atoms with Crippen molar-refractivity contribution in [2.75, 3.05) is 18.1 Å². The lowest BCUT2D eigenvalue weighted by molar-refractivity contribution is 0.215. The van der Waals surface area contributed by atoms with E-state index in [1.807, 2.05) is 0 Å². The van der Waals surface area contributed by atoms with Gasteiger partial charge in [-0.05, 0) is 6.92 Å². The lowest BCUT2D eigenvalue weighted by atomic mass is 10.5. The highest BCUT2D eigenvalue weighted by molar-refractivity contribution is 7.86. The molecule has 8 nitrogen and oxygen atoms in total. The average molecular weight is 266 g/mol. The summed E-state index contributed by atoms with van der Waals surface area (Å²) in [6, 6.07) is 0. The van der Waals surface area contributed by atoms with Gasteiger partial charge in [-0.15, -0.1) is 0 Å². The summed E-state index contributed by atoms with van der Waals surface area (Å²) in [6.45, 7) is 0.757. The van der Waals surface area contributed by atoms with Gasteiger partial charge in [-0.3, -0.25) is 9.11 Å². The van der Waals surface area contributed by atoms with E-state index in [0.717, 1.165) is 0 Å². The first-order chi connectivity index (χ1) is 6.48. The van der Waals surface area contributed by atoms with Crippen LogP contribution in [0.15, 0.2) is 0 Å². The minimum atomic E-state index is -3.97. The Hall–Kier alpha value is -0.260. The molecule has 0 aromatic rings. The SMILES string of the molecule is CC(O)CS(=O)(=O)O.O=S(=O)(O)CCO. The molecule has 0 bridgehead atoms. The van der Waals surface area contributed by atoms with Crippen LogP contribution in [0.5, 0.6) is 0 Å². The monoisotopic (exact) mass is 266 g/mol. The first-order valence-corrected chi connectivity index (χ1v) is 6.89. The quantitative estimate of drug-likeness (QED) is 0.432. The molecule has 0 aromatic carbocycles. The van der Waals surface area contributed by atoms with Crippen molar-refractivity contribution in [3.63, 3.8) is 0 Å². The lowest BCUT2D eigenvalue weighted by Gasteiger charge is -1.97. The number of hydrogen-bond acceptors (Lipinski definition) is 6. The molecule has 0 fully saturated rings. The minimum absolute atomic E-state index is 0.529. The molecule has 0 aliphatic rings. The topological polar surface area (TPSA) is 149 Å². The molecule has 0 aromatic heterocycles. The third kappa shape index (κ3) is 24.8. The van der Waals surface area contributed by atoms with Crippen molar-refractivity contribution in [3.05, 3.63) is 0 Å². The summed E-state index contributed by atoms with van der Waals surface area (Å²) >= 11 is 0. The van der Waals surface area contributed by atoms with Gasteiger partial charge in [0.05, 0.1) is 18.5 Å². The molecule has 0 saturated heterocycles. The molecular weight excluding hydrogens is 252 g/mol. The fourth-order valence-corrected chi connectivity index (χ4v) is 1.26. The zero-order chi connectivity index (χ0) is 12.7. The normalized spacial score (nSPS) is 13.9. The Balaban J connectivity index is 0. The smallest absolute Gasteiger partial charge is 0.267 e. The Morgan fingerprint density at radius 3 is 1.47 bits per heavy atom. The Morgan fingerprint density at radius 1 is 1.07 bits per heavy atom. The highest BCUT2D eigenvalue weighted by atomic mass is 32.2. The van der Waals surface area contributed by atoms with E-state index >= 15 is 0 Å². The van der Waals surface area contributed by atoms with Crippen molar-refractivity contribution in [1.29, 1.82) is 0 Å². The second kappa shape index (κ2) is 7.09. The Bertz CT molecular complexity index is 339. The highest BCUT2D eigenvalue weighted by Crippen LogP contribution is 1.86. The van der Waals surface area contributed by atoms with E-state index in [1.54, 1.807) is 0 Å². The molecule has 0 spiro atoms. The van der Waals surface area contributed by atoms with E-state index in [1.165, 1.54) is 6.92 Å². The van der Waals surface area contributed by atoms with Gasteiger partial charge in [-0.25, -0.2) is 0 Å². The molecule has 94 valence electrons. The van der Waals surface area contributed by atoms with Gasteiger partial charge in [0.1, 0.15) is 5.75 Å². The predicted molar refractivity (Wildman–Crippen MR) is 51.6 cm³/mol.